The van der Waals surface area contributed by atoms with E-state index in [2.05, 4.69) is 4.98 Å². The number of aryl methyl sites for hydroxylation is 1. The van der Waals surface area contributed by atoms with Crippen molar-refractivity contribution in [2.24, 2.45) is 0 Å². The Balaban J connectivity index is 2.22. The van der Waals surface area contributed by atoms with Crippen LogP contribution in [0.3, 0.4) is 0 Å². The predicted octanol–water partition coefficient (Wildman–Crippen LogP) is 2.44. The van der Waals surface area contributed by atoms with E-state index in [4.69, 9.17) is 0 Å². The molecule has 0 unspecified atom stereocenters. The largest absolute Gasteiger partial charge is 0.300 e. The Morgan fingerprint density at radius 2 is 2.42 bits per heavy atom. The molecule has 0 radical (unpaired) electrons. The molecule has 12 heavy (non-hydrogen) atoms. The fraction of sp³-hybridized carbons (Fsp3) is 0.556. The number of thiazole rings is 1. The molecule has 2 nitrogen and oxygen atoms in total. The van der Waals surface area contributed by atoms with Gasteiger partial charge in [-0.3, -0.25) is 4.79 Å². The molecule has 0 amide bonds. The lowest BCUT2D eigenvalue weighted by atomic mass is 10.1. The number of carbonyl (C=O) groups is 1. The number of aromatic nitrogens is 1. The molecule has 0 aromatic carbocycles. The quantitative estimate of drug-likeness (QED) is 0.701. The Morgan fingerprint density at radius 3 is 3.00 bits per heavy atom. The first kappa shape index (κ1) is 9.39. The van der Waals surface area contributed by atoms with Crippen LogP contribution in [0.5, 0.6) is 0 Å². The van der Waals surface area contributed by atoms with Crippen molar-refractivity contribution in [1.82, 2.24) is 4.98 Å². The molecule has 0 spiro atoms. The minimum absolute atomic E-state index is 0.354. The van der Waals surface area contributed by atoms with Gasteiger partial charge in [-0.1, -0.05) is 6.92 Å². The van der Waals surface area contributed by atoms with Crippen LogP contribution >= 0.6 is 11.3 Å². The summed E-state index contributed by atoms with van der Waals surface area (Å²) in [7, 11) is 0. The van der Waals surface area contributed by atoms with E-state index in [0.29, 0.717) is 18.6 Å². The van der Waals surface area contributed by atoms with Crippen molar-refractivity contribution in [3.8, 4) is 0 Å². The lowest BCUT2D eigenvalue weighted by Gasteiger charge is -1.95. The van der Waals surface area contributed by atoms with E-state index in [0.717, 1.165) is 17.8 Å². The number of ketones is 1. The van der Waals surface area contributed by atoms with Gasteiger partial charge in [0.25, 0.3) is 0 Å². The number of carbonyl (C=O) groups excluding carboxylic acids is 1. The van der Waals surface area contributed by atoms with E-state index in [1.54, 1.807) is 17.5 Å². The second-order valence-electron chi connectivity index (χ2n) is 2.71. The third-order valence-electron chi connectivity index (χ3n) is 1.63. The molecule has 0 N–H and O–H groups in total. The summed E-state index contributed by atoms with van der Waals surface area (Å²) in [6.45, 7) is 2.03. The van der Waals surface area contributed by atoms with Crippen LogP contribution in [-0.2, 0) is 11.2 Å². The zero-order valence-corrected chi connectivity index (χ0v) is 8.06. The van der Waals surface area contributed by atoms with Gasteiger partial charge >= 0.3 is 0 Å². The van der Waals surface area contributed by atoms with Crippen molar-refractivity contribution in [2.45, 2.75) is 32.6 Å². The first-order valence-corrected chi connectivity index (χ1v) is 5.11. The molecular weight excluding hydrogens is 170 g/mol. The summed E-state index contributed by atoms with van der Waals surface area (Å²) < 4.78 is 0. The molecule has 0 aliphatic rings. The zero-order chi connectivity index (χ0) is 8.81. The minimum Gasteiger partial charge on any atom is -0.300 e. The fourth-order valence-corrected chi connectivity index (χ4v) is 1.65. The number of hydrogen-bond acceptors (Lipinski definition) is 3. The average molecular weight is 183 g/mol. The van der Waals surface area contributed by atoms with Crippen LogP contribution in [0.4, 0.5) is 0 Å². The Morgan fingerprint density at radius 1 is 1.58 bits per heavy atom. The van der Waals surface area contributed by atoms with E-state index in [1.165, 1.54) is 0 Å². The second kappa shape index (κ2) is 5.04. The number of rotatable bonds is 5. The lowest BCUT2D eigenvalue weighted by molar-refractivity contribution is -0.119. The van der Waals surface area contributed by atoms with E-state index < -0.39 is 0 Å². The van der Waals surface area contributed by atoms with Gasteiger partial charge in [-0.15, -0.1) is 11.3 Å². The topological polar surface area (TPSA) is 30.0 Å². The third-order valence-corrected chi connectivity index (χ3v) is 2.47. The molecule has 0 fully saturated rings. The molecule has 1 aromatic rings. The average Bonchev–Trinajstić information content (AvgIpc) is 2.53. The summed E-state index contributed by atoms with van der Waals surface area (Å²) in [6.07, 6.45) is 4.92. The molecule has 0 saturated carbocycles. The zero-order valence-electron chi connectivity index (χ0n) is 7.25. The maximum absolute atomic E-state index is 11.1. The van der Waals surface area contributed by atoms with Gasteiger partial charge in [0.15, 0.2) is 0 Å². The lowest BCUT2D eigenvalue weighted by Crippen LogP contribution is -1.98. The van der Waals surface area contributed by atoms with Crippen molar-refractivity contribution >= 4 is 17.1 Å². The van der Waals surface area contributed by atoms with Crippen LogP contribution in [-0.4, -0.2) is 10.8 Å². The van der Waals surface area contributed by atoms with Crippen LogP contribution in [0.1, 0.15) is 31.2 Å². The molecule has 3 heteroatoms. The molecule has 0 atom stereocenters. The van der Waals surface area contributed by atoms with Gasteiger partial charge in [0.05, 0.1) is 5.01 Å². The van der Waals surface area contributed by atoms with Crippen LogP contribution < -0.4 is 0 Å². The molecule has 1 rings (SSSR count). The summed E-state index contributed by atoms with van der Waals surface area (Å²) in [5, 5.41) is 3.01. The highest BCUT2D eigenvalue weighted by Gasteiger charge is 2.02. The summed E-state index contributed by atoms with van der Waals surface area (Å²) in [5.74, 6) is 0.354. The molecule has 1 heterocycles. The number of nitrogens with zero attached hydrogens (tertiary/aromatic N) is 1. The SMILES string of the molecule is CCCC(=O)CCc1nccs1. The minimum atomic E-state index is 0.354. The van der Waals surface area contributed by atoms with Crippen LogP contribution in [0.15, 0.2) is 11.6 Å². The highest BCUT2D eigenvalue weighted by Crippen LogP contribution is 2.08. The van der Waals surface area contributed by atoms with Crippen molar-refractivity contribution < 1.29 is 4.79 Å². The van der Waals surface area contributed by atoms with Crippen LogP contribution in [0, 0.1) is 0 Å². The van der Waals surface area contributed by atoms with Gasteiger partial charge < -0.3 is 0 Å². The van der Waals surface area contributed by atoms with Crippen LogP contribution in [0.2, 0.25) is 0 Å². The predicted molar refractivity (Wildman–Crippen MR) is 50.4 cm³/mol. The summed E-state index contributed by atoms with van der Waals surface area (Å²) in [6, 6.07) is 0. The van der Waals surface area contributed by atoms with E-state index in [1.807, 2.05) is 12.3 Å². The van der Waals surface area contributed by atoms with E-state index in [-0.39, 0.29) is 0 Å². The summed E-state index contributed by atoms with van der Waals surface area (Å²) >= 11 is 1.62. The van der Waals surface area contributed by atoms with Crippen molar-refractivity contribution in [1.29, 1.82) is 0 Å². The standard InChI is InChI=1S/C9H13NOS/c1-2-3-8(11)4-5-9-10-6-7-12-9/h6-7H,2-5H2,1H3. The van der Waals surface area contributed by atoms with Gasteiger partial charge in [-0.25, -0.2) is 4.98 Å². The number of Topliss-reactive ketones (excluding diaryl/α,β-unsaturated/α-hetero) is 1. The molecule has 0 bridgehead atoms. The maximum Gasteiger partial charge on any atom is 0.133 e. The van der Waals surface area contributed by atoms with Crippen molar-refractivity contribution in [3.63, 3.8) is 0 Å². The van der Waals surface area contributed by atoms with Crippen LogP contribution in [0.25, 0.3) is 0 Å². The Kier molecular flexibility index (Phi) is 3.94. The van der Waals surface area contributed by atoms with Gasteiger partial charge in [0.2, 0.25) is 0 Å². The number of hydrogen-bond donors (Lipinski definition) is 0. The smallest absolute Gasteiger partial charge is 0.133 e. The molecular formula is C9H13NOS. The van der Waals surface area contributed by atoms with Gasteiger partial charge in [-0.2, -0.15) is 0 Å². The van der Waals surface area contributed by atoms with Gasteiger partial charge in [-0.05, 0) is 6.42 Å². The molecule has 0 aliphatic heterocycles. The van der Waals surface area contributed by atoms with Crippen molar-refractivity contribution in [3.05, 3.63) is 16.6 Å². The Hall–Kier alpha value is -0.700. The highest BCUT2D eigenvalue weighted by atomic mass is 32.1. The third kappa shape index (κ3) is 3.13. The monoisotopic (exact) mass is 183 g/mol. The van der Waals surface area contributed by atoms with E-state index >= 15 is 0 Å². The molecule has 0 saturated heterocycles. The van der Waals surface area contributed by atoms with Gasteiger partial charge in [0, 0.05) is 30.8 Å². The Bertz CT molecular complexity index is 231. The molecule has 1 aromatic heterocycles. The fourth-order valence-electron chi connectivity index (χ4n) is 1.03. The first-order chi connectivity index (χ1) is 5.83. The Labute approximate surface area is 76.6 Å². The van der Waals surface area contributed by atoms with Crippen molar-refractivity contribution in [2.75, 3.05) is 0 Å². The van der Waals surface area contributed by atoms with E-state index in [9.17, 15) is 4.79 Å². The van der Waals surface area contributed by atoms with Gasteiger partial charge in [0.1, 0.15) is 5.78 Å². The normalized spacial score (nSPS) is 10.1. The summed E-state index contributed by atoms with van der Waals surface area (Å²) in [4.78, 5) is 15.2. The summed E-state index contributed by atoms with van der Waals surface area (Å²) in [5.41, 5.74) is 0. The highest BCUT2D eigenvalue weighted by molar-refractivity contribution is 7.09. The molecule has 0 aliphatic carbocycles. The second-order valence-corrected chi connectivity index (χ2v) is 3.69. The first-order valence-electron chi connectivity index (χ1n) is 4.23. The maximum atomic E-state index is 11.1. The molecule has 66 valence electrons.